The van der Waals surface area contributed by atoms with Gasteiger partial charge in [-0.1, -0.05) is 6.92 Å². The largest absolute Gasteiger partial charge is 0.375 e. The second-order valence-corrected chi connectivity index (χ2v) is 3.48. The van der Waals surface area contributed by atoms with Crippen LogP contribution >= 0.6 is 12.2 Å². The van der Waals surface area contributed by atoms with E-state index in [0.717, 1.165) is 6.42 Å². The van der Waals surface area contributed by atoms with Crippen molar-refractivity contribution in [3.05, 3.63) is 0 Å². The Morgan fingerprint density at radius 1 is 1.62 bits per heavy atom. The lowest BCUT2D eigenvalue weighted by molar-refractivity contribution is -0.132. The molecule has 0 aromatic heterocycles. The third kappa shape index (κ3) is 2.82. The summed E-state index contributed by atoms with van der Waals surface area (Å²) >= 11 is 4.53. The molecule has 1 amide bonds. The van der Waals surface area contributed by atoms with Crippen molar-refractivity contribution in [2.45, 2.75) is 19.4 Å². The van der Waals surface area contributed by atoms with Gasteiger partial charge in [0.25, 0.3) is 5.91 Å². The van der Waals surface area contributed by atoms with Crippen molar-refractivity contribution < 1.29 is 9.53 Å². The fourth-order valence-corrected chi connectivity index (χ4v) is 1.28. The number of carbonyl (C=O) groups excluding carboxylic acids is 1. The lowest BCUT2D eigenvalue weighted by Crippen LogP contribution is -2.49. The normalized spacial score (nSPS) is 26.8. The first-order valence-electron chi connectivity index (χ1n) is 4.08. The SMILES string of the molecule is CC1CCOC1C(=O)NNC(N)=S. The smallest absolute Gasteiger partial charge is 0.267 e. The van der Waals surface area contributed by atoms with Crippen molar-refractivity contribution in [3.63, 3.8) is 0 Å². The van der Waals surface area contributed by atoms with Crippen molar-refractivity contribution in [1.82, 2.24) is 10.9 Å². The fourth-order valence-electron chi connectivity index (χ4n) is 1.22. The number of hydrogen-bond donors (Lipinski definition) is 3. The van der Waals surface area contributed by atoms with Crippen LogP contribution in [0.3, 0.4) is 0 Å². The van der Waals surface area contributed by atoms with Crippen molar-refractivity contribution >= 4 is 23.2 Å². The van der Waals surface area contributed by atoms with E-state index in [2.05, 4.69) is 23.1 Å². The maximum atomic E-state index is 11.3. The predicted octanol–water partition coefficient (Wildman–Crippen LogP) is -0.724. The van der Waals surface area contributed by atoms with Crippen molar-refractivity contribution in [1.29, 1.82) is 0 Å². The first kappa shape index (κ1) is 10.2. The van der Waals surface area contributed by atoms with Gasteiger partial charge in [0.2, 0.25) is 0 Å². The van der Waals surface area contributed by atoms with E-state index >= 15 is 0 Å². The highest BCUT2D eigenvalue weighted by Crippen LogP contribution is 2.19. The lowest BCUT2D eigenvalue weighted by atomic mass is 10.0. The third-order valence-electron chi connectivity index (χ3n) is 1.95. The van der Waals surface area contributed by atoms with E-state index in [9.17, 15) is 4.79 Å². The molecule has 0 spiro atoms. The quantitative estimate of drug-likeness (QED) is 0.387. The van der Waals surface area contributed by atoms with Crippen LogP contribution in [0.15, 0.2) is 0 Å². The molecule has 0 bridgehead atoms. The van der Waals surface area contributed by atoms with Gasteiger partial charge in [-0.15, -0.1) is 0 Å². The van der Waals surface area contributed by atoms with Crippen LogP contribution < -0.4 is 16.6 Å². The number of hydrogen-bond acceptors (Lipinski definition) is 3. The molecule has 0 saturated carbocycles. The molecular formula is C7H13N3O2S. The molecule has 2 atom stereocenters. The molecule has 0 aliphatic carbocycles. The summed E-state index contributed by atoms with van der Waals surface area (Å²) < 4.78 is 5.22. The Hall–Kier alpha value is -0.880. The van der Waals surface area contributed by atoms with Crippen LogP contribution in [-0.2, 0) is 9.53 Å². The van der Waals surface area contributed by atoms with Gasteiger partial charge in [0.15, 0.2) is 5.11 Å². The Kier molecular flexibility index (Phi) is 3.44. The molecule has 1 fully saturated rings. The Morgan fingerprint density at radius 3 is 2.77 bits per heavy atom. The Bertz CT molecular complexity index is 222. The van der Waals surface area contributed by atoms with Crippen molar-refractivity contribution in [2.75, 3.05) is 6.61 Å². The van der Waals surface area contributed by atoms with E-state index in [1.807, 2.05) is 6.92 Å². The standard InChI is InChI=1S/C7H13N3O2S/c1-4-2-3-12-5(4)6(11)9-10-7(8)13/h4-5H,2-3H2,1H3,(H,9,11)(H3,8,10,13). The number of nitrogens with two attached hydrogens (primary N) is 1. The number of thiocarbonyl (C=S) groups is 1. The molecule has 13 heavy (non-hydrogen) atoms. The lowest BCUT2D eigenvalue weighted by Gasteiger charge is -2.14. The summed E-state index contributed by atoms with van der Waals surface area (Å²) in [5, 5.41) is 0.0407. The van der Waals surface area contributed by atoms with Gasteiger partial charge in [0.1, 0.15) is 6.10 Å². The monoisotopic (exact) mass is 203 g/mol. The summed E-state index contributed by atoms with van der Waals surface area (Å²) in [6, 6.07) is 0. The van der Waals surface area contributed by atoms with Gasteiger partial charge >= 0.3 is 0 Å². The molecule has 1 saturated heterocycles. The molecule has 5 nitrogen and oxygen atoms in total. The molecule has 1 aliphatic heterocycles. The number of amides is 1. The summed E-state index contributed by atoms with van der Waals surface area (Å²) in [7, 11) is 0. The van der Waals surface area contributed by atoms with E-state index in [-0.39, 0.29) is 23.0 Å². The predicted molar refractivity (Wildman–Crippen MR) is 51.6 cm³/mol. The molecular weight excluding hydrogens is 190 g/mol. The molecule has 74 valence electrons. The van der Waals surface area contributed by atoms with E-state index < -0.39 is 0 Å². The Morgan fingerprint density at radius 2 is 2.31 bits per heavy atom. The number of carbonyl (C=O) groups is 1. The molecule has 1 aliphatic rings. The van der Waals surface area contributed by atoms with Crippen LogP contribution in [0.4, 0.5) is 0 Å². The van der Waals surface area contributed by atoms with Crippen LogP contribution in [0.1, 0.15) is 13.3 Å². The van der Waals surface area contributed by atoms with E-state index in [4.69, 9.17) is 10.5 Å². The van der Waals surface area contributed by atoms with Gasteiger partial charge in [-0.2, -0.15) is 0 Å². The van der Waals surface area contributed by atoms with Crippen LogP contribution in [0.2, 0.25) is 0 Å². The highest BCUT2D eigenvalue weighted by molar-refractivity contribution is 7.80. The molecule has 1 heterocycles. The highest BCUT2D eigenvalue weighted by atomic mass is 32.1. The van der Waals surface area contributed by atoms with Gasteiger partial charge in [-0.25, -0.2) is 0 Å². The number of rotatable bonds is 1. The number of ether oxygens (including phenoxy) is 1. The molecule has 4 N–H and O–H groups in total. The summed E-state index contributed by atoms with van der Waals surface area (Å²) in [5.41, 5.74) is 9.89. The molecule has 2 unspecified atom stereocenters. The van der Waals surface area contributed by atoms with Crippen LogP contribution in [0.25, 0.3) is 0 Å². The molecule has 1 rings (SSSR count). The Labute approximate surface area is 82.0 Å². The van der Waals surface area contributed by atoms with Crippen LogP contribution in [-0.4, -0.2) is 23.7 Å². The van der Waals surface area contributed by atoms with Gasteiger partial charge in [0.05, 0.1) is 0 Å². The zero-order valence-electron chi connectivity index (χ0n) is 7.37. The minimum Gasteiger partial charge on any atom is -0.375 e. The van der Waals surface area contributed by atoms with Crippen LogP contribution in [0.5, 0.6) is 0 Å². The van der Waals surface area contributed by atoms with E-state index in [0.29, 0.717) is 6.61 Å². The molecule has 0 aromatic carbocycles. The third-order valence-corrected chi connectivity index (χ3v) is 2.06. The summed E-state index contributed by atoms with van der Waals surface area (Å²) in [6.07, 6.45) is 0.521. The second kappa shape index (κ2) is 4.38. The molecule has 0 aromatic rings. The molecule has 6 heteroatoms. The van der Waals surface area contributed by atoms with Crippen molar-refractivity contribution in [3.8, 4) is 0 Å². The first-order valence-corrected chi connectivity index (χ1v) is 4.49. The first-order chi connectivity index (χ1) is 6.11. The van der Waals surface area contributed by atoms with Gasteiger partial charge < -0.3 is 10.5 Å². The molecule has 0 radical (unpaired) electrons. The average molecular weight is 203 g/mol. The number of hydrazine groups is 1. The highest BCUT2D eigenvalue weighted by Gasteiger charge is 2.30. The average Bonchev–Trinajstić information content (AvgIpc) is 2.47. The summed E-state index contributed by atoms with van der Waals surface area (Å²) in [5.74, 6) is 0.0194. The zero-order chi connectivity index (χ0) is 9.84. The summed E-state index contributed by atoms with van der Waals surface area (Å²) in [6.45, 7) is 2.60. The Balaban J connectivity index is 2.34. The second-order valence-electron chi connectivity index (χ2n) is 3.04. The van der Waals surface area contributed by atoms with Crippen LogP contribution in [0, 0.1) is 5.92 Å². The maximum Gasteiger partial charge on any atom is 0.267 e. The number of nitrogens with one attached hydrogen (secondary N) is 2. The van der Waals surface area contributed by atoms with Gasteiger partial charge in [0, 0.05) is 6.61 Å². The van der Waals surface area contributed by atoms with Gasteiger partial charge in [-0.3, -0.25) is 15.6 Å². The zero-order valence-corrected chi connectivity index (χ0v) is 8.19. The van der Waals surface area contributed by atoms with Crippen molar-refractivity contribution in [2.24, 2.45) is 11.7 Å². The van der Waals surface area contributed by atoms with E-state index in [1.165, 1.54) is 0 Å². The van der Waals surface area contributed by atoms with E-state index in [1.54, 1.807) is 0 Å². The topological polar surface area (TPSA) is 76.4 Å². The fraction of sp³-hybridized carbons (Fsp3) is 0.714. The minimum atomic E-state index is -0.387. The minimum absolute atomic E-state index is 0.0407. The maximum absolute atomic E-state index is 11.3. The summed E-state index contributed by atoms with van der Waals surface area (Å²) in [4.78, 5) is 11.3. The van der Waals surface area contributed by atoms with Gasteiger partial charge in [-0.05, 0) is 24.6 Å².